The summed E-state index contributed by atoms with van der Waals surface area (Å²) in [6.07, 6.45) is 1.93. The minimum atomic E-state index is -0.365. The molecule has 0 aromatic rings. The van der Waals surface area contributed by atoms with Gasteiger partial charge in [0.05, 0.1) is 0 Å². The molecule has 1 atom stereocenters. The summed E-state index contributed by atoms with van der Waals surface area (Å²) in [5, 5.41) is 1.49. The molecule has 0 rings (SSSR count). The molecule has 4 heteroatoms. The van der Waals surface area contributed by atoms with Gasteiger partial charge in [-0.3, -0.25) is 0 Å². The highest BCUT2D eigenvalue weighted by molar-refractivity contribution is 9.09. The Bertz CT molecular complexity index is 136. The van der Waals surface area contributed by atoms with Gasteiger partial charge in [-0.2, -0.15) is 0 Å². The molecule has 0 spiro atoms. The van der Waals surface area contributed by atoms with Crippen LogP contribution in [-0.4, -0.2) is 22.7 Å². The van der Waals surface area contributed by atoms with Crippen molar-refractivity contribution in [1.82, 2.24) is 0 Å². The third-order valence-corrected chi connectivity index (χ3v) is 2.23. The zero-order valence-corrected chi connectivity index (χ0v) is 9.23. The summed E-state index contributed by atoms with van der Waals surface area (Å²) in [6.45, 7) is 3.31. The fourth-order valence-corrected chi connectivity index (χ4v) is 1.47. The van der Waals surface area contributed by atoms with Gasteiger partial charge in [0, 0.05) is 16.7 Å². The molecule has 0 fully saturated rings. The summed E-state index contributed by atoms with van der Waals surface area (Å²) >= 11 is 6.51. The molecule has 11 heavy (non-hydrogen) atoms. The lowest BCUT2D eigenvalue weighted by Crippen LogP contribution is -2.18. The number of hydrogen-bond donors (Lipinski definition) is 0. The number of halogens is 2. The van der Waals surface area contributed by atoms with Crippen molar-refractivity contribution in [3.05, 3.63) is 12.7 Å². The predicted octanol–water partition coefficient (Wildman–Crippen LogP) is 2.26. The van der Waals surface area contributed by atoms with Crippen LogP contribution in [0.1, 0.15) is 6.42 Å². The Hall–Kier alpha value is 0.170. The highest BCUT2D eigenvalue weighted by Crippen LogP contribution is 2.05. The van der Waals surface area contributed by atoms with Crippen LogP contribution in [0.4, 0.5) is 0 Å². The average molecular weight is 286 g/mol. The largest absolute Gasteiger partial charge is 0.458 e. The van der Waals surface area contributed by atoms with Crippen molar-refractivity contribution >= 4 is 37.8 Å². The summed E-state index contributed by atoms with van der Waals surface area (Å²) in [5.74, 6) is -0.365. The van der Waals surface area contributed by atoms with E-state index in [0.29, 0.717) is 5.33 Å². The fraction of sp³-hybridized carbons (Fsp3) is 0.571. The lowest BCUT2D eigenvalue weighted by molar-refractivity contribution is -0.141. The van der Waals surface area contributed by atoms with Crippen molar-refractivity contribution in [3.8, 4) is 0 Å². The molecule has 0 aliphatic heterocycles. The van der Waals surface area contributed by atoms with Crippen molar-refractivity contribution in [1.29, 1.82) is 0 Å². The number of alkyl halides is 2. The molecule has 0 aromatic heterocycles. The summed E-state index contributed by atoms with van der Waals surface area (Å²) in [4.78, 5) is 10.7. The van der Waals surface area contributed by atoms with Crippen LogP contribution >= 0.6 is 31.9 Å². The van der Waals surface area contributed by atoms with Crippen molar-refractivity contribution in [2.45, 2.75) is 12.5 Å². The van der Waals surface area contributed by atoms with Gasteiger partial charge in [0.15, 0.2) is 0 Å². The molecule has 0 saturated carbocycles. The van der Waals surface area contributed by atoms with E-state index in [1.807, 2.05) is 0 Å². The van der Waals surface area contributed by atoms with Gasteiger partial charge in [-0.1, -0.05) is 38.4 Å². The second-order valence-corrected chi connectivity index (χ2v) is 3.34. The van der Waals surface area contributed by atoms with Crippen molar-refractivity contribution in [3.63, 3.8) is 0 Å². The topological polar surface area (TPSA) is 26.3 Å². The first-order valence-corrected chi connectivity index (χ1v) is 5.43. The molecule has 0 radical (unpaired) electrons. The van der Waals surface area contributed by atoms with Gasteiger partial charge in [-0.15, -0.1) is 0 Å². The Kier molecular flexibility index (Phi) is 6.96. The summed E-state index contributed by atoms with van der Waals surface area (Å²) < 4.78 is 4.96. The number of esters is 1. The molecule has 0 N–H and O–H groups in total. The lowest BCUT2D eigenvalue weighted by atomic mass is 10.3. The first-order valence-electron chi connectivity index (χ1n) is 3.19. The van der Waals surface area contributed by atoms with Crippen LogP contribution in [0.15, 0.2) is 12.7 Å². The van der Waals surface area contributed by atoms with E-state index >= 15 is 0 Å². The molecule has 0 bridgehead atoms. The van der Waals surface area contributed by atoms with E-state index in [-0.39, 0.29) is 12.1 Å². The molecule has 0 heterocycles. The van der Waals surface area contributed by atoms with Gasteiger partial charge in [0.25, 0.3) is 0 Å². The molecular weight excluding hydrogens is 276 g/mol. The van der Waals surface area contributed by atoms with Gasteiger partial charge >= 0.3 is 5.97 Å². The third-order valence-electron chi connectivity index (χ3n) is 1.05. The minimum absolute atomic E-state index is 0.0557. The van der Waals surface area contributed by atoms with E-state index in [2.05, 4.69) is 38.4 Å². The molecule has 0 aromatic carbocycles. The normalized spacial score (nSPS) is 12.2. The molecule has 0 saturated heterocycles. The number of carbonyl (C=O) groups is 1. The Labute approximate surface area is 83.2 Å². The third kappa shape index (κ3) is 5.44. The molecule has 0 aliphatic rings. The highest BCUT2D eigenvalue weighted by atomic mass is 79.9. The summed E-state index contributed by atoms with van der Waals surface area (Å²) in [5.41, 5.74) is 0. The number of rotatable bonds is 5. The second kappa shape index (κ2) is 6.85. The Morgan fingerprint density at radius 1 is 1.64 bits per heavy atom. The van der Waals surface area contributed by atoms with Crippen LogP contribution in [0.25, 0.3) is 0 Å². The second-order valence-electron chi connectivity index (χ2n) is 1.89. The fourth-order valence-electron chi connectivity index (χ4n) is 0.502. The summed E-state index contributed by atoms with van der Waals surface area (Å²) in [7, 11) is 0. The average Bonchev–Trinajstić information content (AvgIpc) is 2.03. The number of ether oxygens (including phenoxy) is 1. The van der Waals surface area contributed by atoms with Crippen LogP contribution in [0, 0.1) is 0 Å². The lowest BCUT2D eigenvalue weighted by Gasteiger charge is -2.11. The molecular formula is C7H10Br2O2. The van der Waals surface area contributed by atoms with Gasteiger partial charge in [0.1, 0.15) is 6.10 Å². The zero-order chi connectivity index (χ0) is 8.69. The van der Waals surface area contributed by atoms with Crippen LogP contribution in [0.2, 0.25) is 0 Å². The number of carbonyl (C=O) groups excluding carboxylic acids is 1. The van der Waals surface area contributed by atoms with E-state index < -0.39 is 0 Å². The van der Waals surface area contributed by atoms with Gasteiger partial charge in [-0.25, -0.2) is 4.79 Å². The molecule has 64 valence electrons. The summed E-state index contributed by atoms with van der Waals surface area (Å²) in [6, 6.07) is 0. The predicted molar refractivity (Wildman–Crippen MR) is 52.3 cm³/mol. The van der Waals surface area contributed by atoms with E-state index in [1.54, 1.807) is 0 Å². The molecule has 2 nitrogen and oxygen atoms in total. The van der Waals surface area contributed by atoms with Crippen LogP contribution < -0.4 is 0 Å². The van der Waals surface area contributed by atoms with E-state index in [4.69, 9.17) is 4.74 Å². The SMILES string of the molecule is C=CC(=O)OC(CBr)CCBr. The maximum Gasteiger partial charge on any atom is 0.330 e. The Balaban J connectivity index is 3.67. The quantitative estimate of drug-likeness (QED) is 0.440. The van der Waals surface area contributed by atoms with Crippen molar-refractivity contribution in [2.24, 2.45) is 0 Å². The minimum Gasteiger partial charge on any atom is -0.458 e. The molecule has 0 aliphatic carbocycles. The maximum atomic E-state index is 10.7. The van der Waals surface area contributed by atoms with E-state index in [1.165, 1.54) is 6.08 Å². The van der Waals surface area contributed by atoms with E-state index in [0.717, 1.165) is 11.8 Å². The first-order chi connectivity index (χ1) is 5.24. The smallest absolute Gasteiger partial charge is 0.330 e. The first kappa shape index (κ1) is 11.2. The van der Waals surface area contributed by atoms with Crippen LogP contribution in [-0.2, 0) is 9.53 Å². The van der Waals surface area contributed by atoms with Gasteiger partial charge < -0.3 is 4.74 Å². The van der Waals surface area contributed by atoms with Gasteiger partial charge in [0.2, 0.25) is 0 Å². The standard InChI is InChI=1S/C7H10Br2O2/c1-2-7(10)11-6(5-9)3-4-8/h2,6H,1,3-5H2. The van der Waals surface area contributed by atoms with Crippen LogP contribution in [0.3, 0.4) is 0 Å². The monoisotopic (exact) mass is 284 g/mol. The molecule has 1 unspecified atom stereocenters. The highest BCUT2D eigenvalue weighted by Gasteiger charge is 2.09. The zero-order valence-electron chi connectivity index (χ0n) is 6.06. The van der Waals surface area contributed by atoms with Crippen LogP contribution in [0.5, 0.6) is 0 Å². The van der Waals surface area contributed by atoms with E-state index in [9.17, 15) is 4.79 Å². The Morgan fingerprint density at radius 2 is 2.27 bits per heavy atom. The Morgan fingerprint density at radius 3 is 2.64 bits per heavy atom. The van der Waals surface area contributed by atoms with Gasteiger partial charge in [-0.05, 0) is 6.42 Å². The molecule has 0 amide bonds. The van der Waals surface area contributed by atoms with Crippen molar-refractivity contribution < 1.29 is 9.53 Å². The number of hydrogen-bond acceptors (Lipinski definition) is 2. The maximum absolute atomic E-state index is 10.7. The van der Waals surface area contributed by atoms with Crippen molar-refractivity contribution in [2.75, 3.05) is 10.7 Å².